The quantitative estimate of drug-likeness (QED) is 0.671. The Kier molecular flexibility index (Phi) is 6.86. The van der Waals surface area contributed by atoms with Gasteiger partial charge in [0.05, 0.1) is 7.11 Å². The molecule has 1 amide bonds. The molecule has 5 nitrogen and oxygen atoms in total. The number of fused-ring (bicyclic) bond motifs is 2. The van der Waals surface area contributed by atoms with Crippen molar-refractivity contribution in [2.75, 3.05) is 51.3 Å². The first kappa shape index (κ1) is 22.3. The van der Waals surface area contributed by atoms with Crippen molar-refractivity contribution in [1.82, 2.24) is 9.80 Å². The van der Waals surface area contributed by atoms with Crippen LogP contribution in [0.1, 0.15) is 36.8 Å². The summed E-state index contributed by atoms with van der Waals surface area (Å²) < 4.78 is 5.46. The Labute approximate surface area is 198 Å². The van der Waals surface area contributed by atoms with Gasteiger partial charge in [-0.3, -0.25) is 9.69 Å². The molecule has 1 aliphatic carbocycles. The number of carbonyl (C=O) groups is 1. The molecule has 0 radical (unpaired) electrons. The molecule has 5 rings (SSSR count). The van der Waals surface area contributed by atoms with Gasteiger partial charge in [-0.05, 0) is 86.5 Å². The summed E-state index contributed by atoms with van der Waals surface area (Å²) in [7, 11) is 1.75. The van der Waals surface area contributed by atoms with Gasteiger partial charge in [0.25, 0.3) is 0 Å². The third-order valence-electron chi connectivity index (χ3n) is 7.95. The minimum atomic E-state index is 0.329. The summed E-state index contributed by atoms with van der Waals surface area (Å²) in [6, 6.07) is 17.7. The Morgan fingerprint density at radius 2 is 1.79 bits per heavy atom. The fourth-order valence-corrected chi connectivity index (χ4v) is 6.09. The molecule has 2 saturated heterocycles. The molecule has 33 heavy (non-hydrogen) atoms. The van der Waals surface area contributed by atoms with E-state index in [0.29, 0.717) is 18.4 Å². The van der Waals surface area contributed by atoms with Crippen LogP contribution in [0.25, 0.3) is 0 Å². The summed E-state index contributed by atoms with van der Waals surface area (Å²) >= 11 is 0. The molecule has 2 fully saturated rings. The van der Waals surface area contributed by atoms with Crippen LogP contribution in [-0.2, 0) is 17.6 Å². The van der Waals surface area contributed by atoms with Crippen molar-refractivity contribution in [3.8, 4) is 5.75 Å². The molecule has 0 bridgehead atoms. The predicted molar refractivity (Wildman–Crippen MR) is 133 cm³/mol. The zero-order valence-corrected chi connectivity index (χ0v) is 19.9. The van der Waals surface area contributed by atoms with Crippen molar-refractivity contribution < 1.29 is 9.53 Å². The maximum atomic E-state index is 12.9. The Balaban J connectivity index is 1.11. The van der Waals surface area contributed by atoms with Crippen LogP contribution >= 0.6 is 0 Å². The van der Waals surface area contributed by atoms with E-state index in [1.54, 1.807) is 7.11 Å². The SMILES string of the molecule is COc1ccc2c(c1)C[C@H]1[C@@H](CCCN1CCCC(=O)N1CCN(c3ccccc3)CC1)C2. The number of methoxy groups -OCH3 is 1. The fraction of sp³-hybridized carbons (Fsp3) is 0.536. The number of benzene rings is 2. The molecule has 2 aromatic rings. The van der Waals surface area contributed by atoms with E-state index < -0.39 is 0 Å². The predicted octanol–water partition coefficient (Wildman–Crippen LogP) is 4.00. The smallest absolute Gasteiger partial charge is 0.222 e. The molecule has 2 atom stereocenters. The minimum Gasteiger partial charge on any atom is -0.497 e. The lowest BCUT2D eigenvalue weighted by Gasteiger charge is -2.45. The topological polar surface area (TPSA) is 36.0 Å². The average Bonchev–Trinajstić information content (AvgIpc) is 2.88. The average molecular weight is 448 g/mol. The third-order valence-corrected chi connectivity index (χ3v) is 7.95. The molecule has 0 spiro atoms. The van der Waals surface area contributed by atoms with Gasteiger partial charge in [0.1, 0.15) is 5.75 Å². The normalized spacial score (nSPS) is 23.1. The second-order valence-electron chi connectivity index (χ2n) is 9.86. The van der Waals surface area contributed by atoms with Gasteiger partial charge in [-0.2, -0.15) is 0 Å². The van der Waals surface area contributed by atoms with Crippen molar-refractivity contribution in [1.29, 1.82) is 0 Å². The van der Waals surface area contributed by atoms with E-state index in [1.165, 1.54) is 42.6 Å². The van der Waals surface area contributed by atoms with Crippen LogP contribution in [0.2, 0.25) is 0 Å². The van der Waals surface area contributed by atoms with Crippen LogP contribution in [0.15, 0.2) is 48.5 Å². The monoisotopic (exact) mass is 447 g/mol. The molecule has 3 aliphatic rings. The van der Waals surface area contributed by atoms with Crippen LogP contribution in [0, 0.1) is 5.92 Å². The first-order valence-electron chi connectivity index (χ1n) is 12.7. The van der Waals surface area contributed by atoms with Crippen molar-refractivity contribution in [3.63, 3.8) is 0 Å². The van der Waals surface area contributed by atoms with Gasteiger partial charge in [0.2, 0.25) is 5.91 Å². The Morgan fingerprint density at radius 1 is 0.970 bits per heavy atom. The van der Waals surface area contributed by atoms with Crippen molar-refractivity contribution in [2.24, 2.45) is 5.92 Å². The molecule has 0 aromatic heterocycles. The van der Waals surface area contributed by atoms with Crippen molar-refractivity contribution in [2.45, 2.75) is 44.6 Å². The van der Waals surface area contributed by atoms with E-state index in [4.69, 9.17) is 4.74 Å². The molecule has 2 heterocycles. The molecular formula is C28H37N3O2. The van der Waals surface area contributed by atoms with Crippen molar-refractivity contribution >= 4 is 11.6 Å². The van der Waals surface area contributed by atoms with Crippen LogP contribution in [-0.4, -0.2) is 68.1 Å². The molecule has 5 heteroatoms. The van der Waals surface area contributed by atoms with E-state index in [0.717, 1.165) is 57.2 Å². The van der Waals surface area contributed by atoms with Gasteiger partial charge in [-0.15, -0.1) is 0 Å². The maximum Gasteiger partial charge on any atom is 0.222 e. The summed E-state index contributed by atoms with van der Waals surface area (Å²) in [5.74, 6) is 2.05. The van der Waals surface area contributed by atoms with E-state index in [9.17, 15) is 4.79 Å². The number of hydrogen-bond donors (Lipinski definition) is 0. The standard InChI is InChI=1S/C28H37N3O2/c1-33-26-12-11-22-19-23-7-5-13-30(27(23)21-24(22)20-26)14-6-10-28(32)31-17-15-29(16-18-31)25-8-3-2-4-9-25/h2-4,8-9,11-12,20,23,27H,5-7,10,13-19,21H2,1H3/t23-,27-/m0/s1. The summed E-state index contributed by atoms with van der Waals surface area (Å²) in [6.07, 6.45) is 6.55. The van der Waals surface area contributed by atoms with Gasteiger partial charge in [0, 0.05) is 44.3 Å². The second kappa shape index (κ2) is 10.2. The molecular weight excluding hydrogens is 410 g/mol. The maximum absolute atomic E-state index is 12.9. The number of piperazine rings is 1. The molecule has 0 unspecified atom stereocenters. The van der Waals surface area contributed by atoms with Crippen LogP contribution in [0.3, 0.4) is 0 Å². The highest BCUT2D eigenvalue weighted by molar-refractivity contribution is 5.76. The van der Waals surface area contributed by atoms with Gasteiger partial charge in [-0.25, -0.2) is 0 Å². The number of likely N-dealkylation sites (tertiary alicyclic amines) is 1. The first-order valence-corrected chi connectivity index (χ1v) is 12.7. The molecule has 0 N–H and O–H groups in total. The fourth-order valence-electron chi connectivity index (χ4n) is 6.09. The molecule has 176 valence electrons. The highest BCUT2D eigenvalue weighted by Crippen LogP contribution is 2.36. The highest BCUT2D eigenvalue weighted by Gasteiger charge is 2.35. The van der Waals surface area contributed by atoms with Crippen LogP contribution in [0.5, 0.6) is 5.75 Å². The first-order chi connectivity index (χ1) is 16.2. The largest absolute Gasteiger partial charge is 0.497 e. The number of hydrogen-bond acceptors (Lipinski definition) is 4. The number of rotatable bonds is 6. The molecule has 2 aliphatic heterocycles. The van der Waals surface area contributed by atoms with Gasteiger partial charge in [-0.1, -0.05) is 24.3 Å². The molecule has 0 saturated carbocycles. The van der Waals surface area contributed by atoms with E-state index in [2.05, 4.69) is 63.2 Å². The number of para-hydroxylation sites is 1. The number of anilines is 1. The Hall–Kier alpha value is -2.53. The van der Waals surface area contributed by atoms with Crippen molar-refractivity contribution in [3.05, 3.63) is 59.7 Å². The number of ether oxygens (including phenoxy) is 1. The number of amides is 1. The lowest BCUT2D eigenvalue weighted by Crippen LogP contribution is -2.50. The number of nitrogens with zero attached hydrogens (tertiary/aromatic N) is 3. The van der Waals surface area contributed by atoms with E-state index >= 15 is 0 Å². The Bertz CT molecular complexity index is 939. The van der Waals surface area contributed by atoms with Crippen LogP contribution < -0.4 is 9.64 Å². The lowest BCUT2D eigenvalue weighted by molar-refractivity contribution is -0.131. The van der Waals surface area contributed by atoms with E-state index in [-0.39, 0.29) is 0 Å². The van der Waals surface area contributed by atoms with Crippen LogP contribution in [0.4, 0.5) is 5.69 Å². The second-order valence-corrected chi connectivity index (χ2v) is 9.86. The summed E-state index contributed by atoms with van der Waals surface area (Å²) in [5.41, 5.74) is 4.22. The van der Waals surface area contributed by atoms with Gasteiger partial charge < -0.3 is 14.5 Å². The van der Waals surface area contributed by atoms with Gasteiger partial charge in [0.15, 0.2) is 0 Å². The highest BCUT2D eigenvalue weighted by atomic mass is 16.5. The number of piperidine rings is 1. The third kappa shape index (κ3) is 5.03. The lowest BCUT2D eigenvalue weighted by atomic mass is 9.75. The van der Waals surface area contributed by atoms with Gasteiger partial charge >= 0.3 is 0 Å². The zero-order valence-electron chi connectivity index (χ0n) is 19.9. The minimum absolute atomic E-state index is 0.329. The zero-order chi connectivity index (χ0) is 22.6. The summed E-state index contributed by atoms with van der Waals surface area (Å²) in [4.78, 5) is 20.0. The summed E-state index contributed by atoms with van der Waals surface area (Å²) in [5, 5.41) is 0. The molecule has 2 aromatic carbocycles. The Morgan fingerprint density at radius 3 is 2.58 bits per heavy atom. The number of carbonyl (C=O) groups excluding carboxylic acids is 1. The summed E-state index contributed by atoms with van der Waals surface area (Å²) in [6.45, 7) is 5.73. The van der Waals surface area contributed by atoms with E-state index in [1.807, 2.05) is 0 Å².